The van der Waals surface area contributed by atoms with E-state index in [9.17, 15) is 14.8 Å². The topological polar surface area (TPSA) is 63.6 Å². The number of ketones is 2. The van der Waals surface area contributed by atoms with Crippen molar-refractivity contribution in [1.29, 1.82) is 0 Å². The summed E-state index contributed by atoms with van der Waals surface area (Å²) >= 11 is 0. The second kappa shape index (κ2) is 5.00. The van der Waals surface area contributed by atoms with Crippen molar-refractivity contribution in [2.45, 2.75) is 64.9 Å². The number of hydrogen-bond acceptors (Lipinski definition) is 4. The second-order valence-electron chi connectivity index (χ2n) is 8.61. The van der Waals surface area contributed by atoms with Crippen LogP contribution in [0.2, 0.25) is 0 Å². The van der Waals surface area contributed by atoms with Gasteiger partial charge in [-0.15, -0.1) is 0 Å². The summed E-state index contributed by atoms with van der Waals surface area (Å²) < 4.78 is 0. The number of fused-ring (bicyclic) bond motifs is 5. The number of carbonyl (C=O) groups is 2. The molecule has 0 aromatic carbocycles. The largest absolute Gasteiger partial charge is 0.299 e. The van der Waals surface area contributed by atoms with Gasteiger partial charge in [0.15, 0.2) is 5.78 Å². The first-order valence-corrected chi connectivity index (χ1v) is 8.98. The van der Waals surface area contributed by atoms with Gasteiger partial charge in [-0.05, 0) is 66.9 Å². The van der Waals surface area contributed by atoms with Crippen LogP contribution in [0.5, 0.6) is 0 Å². The van der Waals surface area contributed by atoms with Gasteiger partial charge in [0.1, 0.15) is 11.9 Å². The van der Waals surface area contributed by atoms with Gasteiger partial charge in [-0.1, -0.05) is 13.8 Å². The lowest BCUT2D eigenvalue weighted by Crippen LogP contribution is -2.54. The average molecular weight is 318 g/mol. The van der Waals surface area contributed by atoms with E-state index in [0.29, 0.717) is 36.4 Å². The fourth-order valence-electron chi connectivity index (χ4n) is 6.45. The van der Waals surface area contributed by atoms with Crippen molar-refractivity contribution in [1.82, 2.24) is 0 Å². The molecule has 0 amide bonds. The van der Waals surface area contributed by atoms with Crippen LogP contribution < -0.4 is 0 Å². The fourth-order valence-corrected chi connectivity index (χ4v) is 6.45. The zero-order chi connectivity index (χ0) is 16.4. The van der Waals surface area contributed by atoms with Gasteiger partial charge in [-0.3, -0.25) is 14.8 Å². The molecule has 4 aliphatic carbocycles. The van der Waals surface area contributed by atoms with Gasteiger partial charge in [0, 0.05) is 18.3 Å². The maximum Gasteiger partial charge on any atom is 0.155 e. The van der Waals surface area contributed by atoms with E-state index in [2.05, 4.69) is 13.8 Å². The van der Waals surface area contributed by atoms with E-state index in [1.807, 2.05) is 0 Å². The smallest absolute Gasteiger partial charge is 0.155 e. The monoisotopic (exact) mass is 318 g/mol. The van der Waals surface area contributed by atoms with Gasteiger partial charge in [0.25, 0.3) is 0 Å². The molecule has 4 rings (SSSR count). The summed E-state index contributed by atoms with van der Waals surface area (Å²) in [6.45, 7) is 4.39. The molecule has 0 heterocycles. The lowest BCUT2D eigenvalue weighted by Gasteiger charge is -2.58. The third-order valence-electron chi connectivity index (χ3n) is 7.79. The van der Waals surface area contributed by atoms with Crippen LogP contribution >= 0.6 is 0 Å². The van der Waals surface area contributed by atoms with Crippen molar-refractivity contribution in [2.75, 3.05) is 0 Å². The van der Waals surface area contributed by atoms with Crippen LogP contribution in [0.15, 0.2) is 11.6 Å². The van der Waals surface area contributed by atoms with E-state index in [-0.39, 0.29) is 22.7 Å². The summed E-state index contributed by atoms with van der Waals surface area (Å²) in [5.41, 5.74) is 0.742. The Balaban J connectivity index is 1.75. The molecule has 0 saturated heterocycles. The van der Waals surface area contributed by atoms with E-state index in [1.54, 1.807) is 6.08 Å². The SMILES string of the molecule is C[C@]12CCC(=O)C=C1C(OO)C[C@@H]1[C@@H]2CC[C@]2(C)C(=O)CC[C@@H]12. The first-order chi connectivity index (χ1) is 10.9. The Labute approximate surface area is 137 Å². The highest BCUT2D eigenvalue weighted by molar-refractivity contribution is 5.92. The zero-order valence-corrected chi connectivity index (χ0v) is 14.0. The standard InChI is InChI=1S/C19H26O4/c1-18-7-5-11(20)9-15(18)16(23-22)10-12-13-3-4-17(21)19(13,2)8-6-14(12)18/h9,12-14,16,22H,3-8,10H2,1-2H3/t12-,13-,14-,16?,18+,19-/m0/s1. The first-order valence-electron chi connectivity index (χ1n) is 8.98. The van der Waals surface area contributed by atoms with Crippen molar-refractivity contribution >= 4 is 11.6 Å². The number of carbonyl (C=O) groups excluding carboxylic acids is 2. The Morgan fingerprint density at radius 3 is 2.57 bits per heavy atom. The Morgan fingerprint density at radius 2 is 1.83 bits per heavy atom. The molecule has 0 aromatic heterocycles. The molecule has 4 nitrogen and oxygen atoms in total. The van der Waals surface area contributed by atoms with Crippen molar-refractivity contribution in [3.05, 3.63) is 11.6 Å². The third-order valence-corrected chi connectivity index (χ3v) is 7.79. The van der Waals surface area contributed by atoms with E-state index >= 15 is 0 Å². The predicted molar refractivity (Wildman–Crippen MR) is 84.6 cm³/mol. The normalized spacial score (nSPS) is 49.3. The van der Waals surface area contributed by atoms with Crippen LogP contribution in [0.3, 0.4) is 0 Å². The highest BCUT2D eigenvalue weighted by Crippen LogP contribution is 2.64. The van der Waals surface area contributed by atoms with Gasteiger partial charge >= 0.3 is 0 Å². The number of hydrogen-bond donors (Lipinski definition) is 1. The highest BCUT2D eigenvalue weighted by atomic mass is 17.1. The Hall–Kier alpha value is -1.00. The summed E-state index contributed by atoms with van der Waals surface area (Å²) in [6.07, 6.45) is 7.21. The molecule has 3 saturated carbocycles. The Morgan fingerprint density at radius 1 is 1.09 bits per heavy atom. The Bertz CT molecular complexity index is 594. The fraction of sp³-hybridized carbons (Fsp3) is 0.789. The molecule has 1 N–H and O–H groups in total. The van der Waals surface area contributed by atoms with E-state index in [0.717, 1.165) is 37.7 Å². The highest BCUT2D eigenvalue weighted by Gasteiger charge is 2.60. The summed E-state index contributed by atoms with van der Waals surface area (Å²) in [5.74, 6) is 1.88. The van der Waals surface area contributed by atoms with Crippen LogP contribution in [-0.2, 0) is 14.5 Å². The summed E-state index contributed by atoms with van der Waals surface area (Å²) in [4.78, 5) is 29.2. The third kappa shape index (κ3) is 1.97. The summed E-state index contributed by atoms with van der Waals surface area (Å²) in [5, 5.41) is 9.46. The molecule has 1 unspecified atom stereocenters. The van der Waals surface area contributed by atoms with E-state index in [1.165, 1.54) is 0 Å². The molecular weight excluding hydrogens is 292 g/mol. The van der Waals surface area contributed by atoms with Crippen LogP contribution in [0.4, 0.5) is 0 Å². The van der Waals surface area contributed by atoms with Crippen molar-refractivity contribution in [3.63, 3.8) is 0 Å². The van der Waals surface area contributed by atoms with Crippen LogP contribution in [-0.4, -0.2) is 22.9 Å². The maximum absolute atomic E-state index is 12.4. The molecule has 126 valence electrons. The van der Waals surface area contributed by atoms with Gasteiger partial charge in [0.05, 0.1) is 0 Å². The van der Waals surface area contributed by atoms with Gasteiger partial charge < -0.3 is 0 Å². The zero-order valence-electron chi connectivity index (χ0n) is 14.0. The lowest BCUT2D eigenvalue weighted by molar-refractivity contribution is -0.285. The summed E-state index contributed by atoms with van der Waals surface area (Å²) in [7, 11) is 0. The Kier molecular flexibility index (Phi) is 3.37. The number of rotatable bonds is 1. The van der Waals surface area contributed by atoms with Crippen LogP contribution in [0.25, 0.3) is 0 Å². The van der Waals surface area contributed by atoms with Crippen molar-refractivity contribution < 1.29 is 19.7 Å². The maximum atomic E-state index is 12.4. The predicted octanol–water partition coefficient (Wildman–Crippen LogP) is 3.56. The molecule has 6 atom stereocenters. The molecule has 0 radical (unpaired) electrons. The molecule has 4 aliphatic rings. The minimum absolute atomic E-state index is 0.0722. The first kappa shape index (κ1) is 15.5. The molecule has 0 aromatic rings. The molecule has 0 spiro atoms. The molecule has 3 fully saturated rings. The molecule has 4 heteroatoms. The summed E-state index contributed by atoms with van der Waals surface area (Å²) in [6, 6.07) is 0. The minimum Gasteiger partial charge on any atom is -0.299 e. The van der Waals surface area contributed by atoms with Crippen LogP contribution in [0.1, 0.15) is 58.8 Å². The van der Waals surface area contributed by atoms with Gasteiger partial charge in [-0.25, -0.2) is 4.89 Å². The minimum atomic E-state index is -0.386. The van der Waals surface area contributed by atoms with Crippen LogP contribution in [0, 0.1) is 28.6 Å². The van der Waals surface area contributed by atoms with Gasteiger partial charge in [-0.2, -0.15) is 0 Å². The van der Waals surface area contributed by atoms with Crippen molar-refractivity contribution in [3.8, 4) is 0 Å². The van der Waals surface area contributed by atoms with E-state index < -0.39 is 0 Å². The van der Waals surface area contributed by atoms with E-state index in [4.69, 9.17) is 4.89 Å². The molecule has 0 bridgehead atoms. The van der Waals surface area contributed by atoms with Gasteiger partial charge in [0.2, 0.25) is 0 Å². The van der Waals surface area contributed by atoms with Crippen molar-refractivity contribution in [2.24, 2.45) is 28.6 Å². The number of Topliss-reactive ketones (excluding diaryl/α,β-unsaturated/α-hetero) is 1. The second-order valence-corrected chi connectivity index (χ2v) is 8.61. The molecular formula is C19H26O4. The quantitative estimate of drug-likeness (QED) is 0.593. The average Bonchev–Trinajstić information content (AvgIpc) is 2.83. The molecule has 23 heavy (non-hydrogen) atoms. The lowest BCUT2D eigenvalue weighted by atomic mass is 9.47. The molecule has 0 aliphatic heterocycles.